The van der Waals surface area contributed by atoms with Crippen molar-refractivity contribution < 1.29 is 27.4 Å². The average molecular weight is 534 g/mol. The van der Waals surface area contributed by atoms with Gasteiger partial charge in [0.15, 0.2) is 9.84 Å². The first-order valence-electron chi connectivity index (χ1n) is 12.0. The van der Waals surface area contributed by atoms with Crippen LogP contribution in [0.25, 0.3) is 0 Å². The molecule has 9 nitrogen and oxygen atoms in total. The lowest BCUT2D eigenvalue weighted by Gasteiger charge is -2.38. The van der Waals surface area contributed by atoms with Crippen LogP contribution in [0.3, 0.4) is 0 Å². The van der Waals surface area contributed by atoms with Crippen LogP contribution in [0.5, 0.6) is 17.5 Å². The SMILES string of the molecule is Cc1c(Oc2ccc(S(=O)(=O)C3CC3)cc2Cl)ncnc1OC1CC2C=CC(C1)N2C(=O)OC(C)C. The molecule has 1 aromatic carbocycles. The van der Waals surface area contributed by atoms with E-state index in [0.717, 1.165) is 0 Å². The van der Waals surface area contributed by atoms with E-state index in [9.17, 15) is 13.2 Å². The molecule has 0 radical (unpaired) electrons. The Morgan fingerprint density at radius 1 is 1.11 bits per heavy atom. The van der Waals surface area contributed by atoms with Crippen LogP contribution in [0.2, 0.25) is 5.02 Å². The molecular weight excluding hydrogens is 506 g/mol. The number of sulfone groups is 1. The lowest BCUT2D eigenvalue weighted by molar-refractivity contribution is 0.0263. The Bertz CT molecular complexity index is 1290. The van der Waals surface area contributed by atoms with Crippen LogP contribution in [0, 0.1) is 6.92 Å². The number of nitrogens with zero attached hydrogens (tertiary/aromatic N) is 3. The topological polar surface area (TPSA) is 108 Å². The highest BCUT2D eigenvalue weighted by Crippen LogP contribution is 2.39. The molecule has 1 aliphatic carbocycles. The summed E-state index contributed by atoms with van der Waals surface area (Å²) in [7, 11) is -3.35. The number of halogens is 1. The van der Waals surface area contributed by atoms with Crippen LogP contribution >= 0.6 is 11.6 Å². The number of fused-ring (bicyclic) bond motifs is 2. The maximum atomic E-state index is 12.5. The Kier molecular flexibility index (Phi) is 6.59. The Hall–Kier alpha value is -2.85. The second-order valence-electron chi connectivity index (χ2n) is 9.62. The molecule has 2 bridgehead atoms. The maximum Gasteiger partial charge on any atom is 0.411 e. The number of aromatic nitrogens is 2. The summed E-state index contributed by atoms with van der Waals surface area (Å²) in [5.74, 6) is 0.934. The zero-order chi connectivity index (χ0) is 25.6. The summed E-state index contributed by atoms with van der Waals surface area (Å²) >= 11 is 6.35. The monoisotopic (exact) mass is 533 g/mol. The van der Waals surface area contributed by atoms with Gasteiger partial charge < -0.3 is 14.2 Å². The van der Waals surface area contributed by atoms with Gasteiger partial charge in [-0.05, 0) is 51.8 Å². The van der Waals surface area contributed by atoms with E-state index in [2.05, 4.69) is 9.97 Å². The smallest absolute Gasteiger partial charge is 0.411 e. The van der Waals surface area contributed by atoms with Crippen LogP contribution in [-0.2, 0) is 14.6 Å². The van der Waals surface area contributed by atoms with Crippen molar-refractivity contribution in [1.29, 1.82) is 0 Å². The van der Waals surface area contributed by atoms with Crippen molar-refractivity contribution in [3.05, 3.63) is 47.3 Å². The molecule has 2 aliphatic heterocycles. The average Bonchev–Trinajstić information content (AvgIpc) is 3.63. The largest absolute Gasteiger partial charge is 0.474 e. The van der Waals surface area contributed by atoms with Crippen LogP contribution in [0.1, 0.15) is 45.1 Å². The van der Waals surface area contributed by atoms with E-state index in [1.807, 2.05) is 26.0 Å². The fourth-order valence-electron chi connectivity index (χ4n) is 4.55. The van der Waals surface area contributed by atoms with Gasteiger partial charge in [-0.3, -0.25) is 4.90 Å². The van der Waals surface area contributed by atoms with Crippen molar-refractivity contribution in [2.45, 2.75) is 80.9 Å². The van der Waals surface area contributed by atoms with Crippen molar-refractivity contribution in [1.82, 2.24) is 14.9 Å². The fourth-order valence-corrected chi connectivity index (χ4v) is 6.52. The third-order valence-corrected chi connectivity index (χ3v) is 9.05. The van der Waals surface area contributed by atoms with Crippen molar-refractivity contribution in [2.75, 3.05) is 0 Å². The summed E-state index contributed by atoms with van der Waals surface area (Å²) in [5, 5.41) is -0.136. The Morgan fingerprint density at radius 2 is 1.78 bits per heavy atom. The molecule has 3 heterocycles. The van der Waals surface area contributed by atoms with Crippen molar-refractivity contribution in [3.8, 4) is 17.5 Å². The molecule has 3 aliphatic rings. The molecule has 11 heteroatoms. The number of rotatable bonds is 7. The second kappa shape index (κ2) is 9.55. The molecule has 0 spiro atoms. The van der Waals surface area contributed by atoms with E-state index in [1.54, 1.807) is 11.8 Å². The molecular formula is C25H28ClN3O6S. The lowest BCUT2D eigenvalue weighted by Crippen LogP contribution is -2.50. The fraction of sp³-hybridized carbons (Fsp3) is 0.480. The number of carbonyl (C=O) groups is 1. The van der Waals surface area contributed by atoms with Gasteiger partial charge in [-0.1, -0.05) is 23.8 Å². The summed E-state index contributed by atoms with van der Waals surface area (Å²) in [6.07, 6.45) is 7.32. The van der Waals surface area contributed by atoms with E-state index in [4.69, 9.17) is 25.8 Å². The van der Waals surface area contributed by atoms with Crippen LogP contribution in [0.15, 0.2) is 41.6 Å². The standard InChI is InChI=1S/C25H28ClN3O6S/c1-14(2)33-25(30)29-16-4-5-17(29)11-18(10-16)34-23-15(3)24(28-13-27-23)35-22-9-8-20(12-21(22)26)36(31,32)19-6-7-19/h4-5,8-9,12-14,16-19H,6-7,10-11H2,1-3H3. The molecule has 192 valence electrons. The molecule has 1 saturated heterocycles. The highest BCUT2D eigenvalue weighted by molar-refractivity contribution is 7.92. The second-order valence-corrected chi connectivity index (χ2v) is 12.3. The Labute approximate surface area is 215 Å². The Balaban J connectivity index is 1.27. The van der Waals surface area contributed by atoms with Crippen molar-refractivity contribution in [3.63, 3.8) is 0 Å². The number of hydrogen-bond donors (Lipinski definition) is 0. The van der Waals surface area contributed by atoms with E-state index in [0.29, 0.717) is 42.9 Å². The van der Waals surface area contributed by atoms with E-state index in [1.165, 1.54) is 24.5 Å². The molecule has 0 N–H and O–H groups in total. The number of carbonyl (C=O) groups excluding carboxylic acids is 1. The number of hydrogen-bond acceptors (Lipinski definition) is 8. The van der Waals surface area contributed by atoms with Gasteiger partial charge in [-0.25, -0.2) is 23.2 Å². The summed E-state index contributed by atoms with van der Waals surface area (Å²) in [4.78, 5) is 22.9. The van der Waals surface area contributed by atoms with Crippen LogP contribution in [-0.4, -0.2) is 58.9 Å². The Morgan fingerprint density at radius 3 is 2.39 bits per heavy atom. The molecule has 1 saturated carbocycles. The first kappa shape index (κ1) is 24.8. The van der Waals surface area contributed by atoms with Gasteiger partial charge in [-0.2, -0.15) is 0 Å². The normalized spacial score (nSPS) is 23.1. The summed E-state index contributed by atoms with van der Waals surface area (Å²) in [5.41, 5.74) is 0.588. The molecule has 2 fully saturated rings. The van der Waals surface area contributed by atoms with Crippen LogP contribution < -0.4 is 9.47 Å². The zero-order valence-corrected chi connectivity index (χ0v) is 21.8. The molecule has 5 rings (SSSR count). The van der Waals surface area contributed by atoms with Crippen molar-refractivity contribution >= 4 is 27.5 Å². The summed E-state index contributed by atoms with van der Waals surface area (Å²) in [6, 6.07) is 4.27. The molecule has 2 aromatic rings. The zero-order valence-electron chi connectivity index (χ0n) is 20.3. The van der Waals surface area contributed by atoms with Gasteiger partial charge in [0.1, 0.15) is 18.2 Å². The van der Waals surface area contributed by atoms with Gasteiger partial charge in [-0.15, -0.1) is 0 Å². The highest BCUT2D eigenvalue weighted by atomic mass is 35.5. The molecule has 2 atom stereocenters. The maximum absolute atomic E-state index is 12.5. The number of ether oxygens (including phenoxy) is 3. The summed E-state index contributed by atoms with van der Waals surface area (Å²) in [6.45, 7) is 5.45. The molecule has 1 aromatic heterocycles. The minimum Gasteiger partial charge on any atom is -0.474 e. The summed E-state index contributed by atoms with van der Waals surface area (Å²) < 4.78 is 42.5. The minimum atomic E-state index is -3.35. The third-order valence-electron chi connectivity index (χ3n) is 6.50. The minimum absolute atomic E-state index is 0.0953. The first-order valence-corrected chi connectivity index (χ1v) is 13.9. The number of benzene rings is 1. The third kappa shape index (κ3) is 4.88. The number of amides is 1. The molecule has 36 heavy (non-hydrogen) atoms. The van der Waals surface area contributed by atoms with E-state index < -0.39 is 9.84 Å². The highest BCUT2D eigenvalue weighted by Gasteiger charge is 2.42. The first-order chi connectivity index (χ1) is 17.1. The number of piperidine rings is 1. The van der Waals surface area contributed by atoms with Crippen molar-refractivity contribution in [2.24, 2.45) is 0 Å². The molecule has 2 unspecified atom stereocenters. The van der Waals surface area contributed by atoms with Crippen LogP contribution in [0.4, 0.5) is 4.79 Å². The van der Waals surface area contributed by atoms with Gasteiger partial charge in [0.05, 0.1) is 38.9 Å². The van der Waals surface area contributed by atoms with E-state index in [-0.39, 0.29) is 51.4 Å². The van der Waals surface area contributed by atoms with Gasteiger partial charge in [0.25, 0.3) is 0 Å². The van der Waals surface area contributed by atoms with E-state index >= 15 is 0 Å². The quantitative estimate of drug-likeness (QED) is 0.464. The predicted molar refractivity (Wildman–Crippen MR) is 132 cm³/mol. The lowest BCUT2D eigenvalue weighted by atomic mass is 9.99. The predicted octanol–water partition coefficient (Wildman–Crippen LogP) is 4.86. The van der Waals surface area contributed by atoms with Gasteiger partial charge >= 0.3 is 6.09 Å². The van der Waals surface area contributed by atoms with Gasteiger partial charge in [0, 0.05) is 12.8 Å². The van der Waals surface area contributed by atoms with Gasteiger partial charge in [0.2, 0.25) is 11.8 Å². The molecule has 1 amide bonds.